The highest BCUT2D eigenvalue weighted by atomic mass is 35.5. The molecule has 128 valence electrons. The summed E-state index contributed by atoms with van der Waals surface area (Å²) in [6.07, 6.45) is -0.614. The molecule has 0 saturated heterocycles. The molecule has 0 aliphatic rings. The number of nitrogens with one attached hydrogen (secondary N) is 1. The van der Waals surface area contributed by atoms with E-state index in [9.17, 15) is 9.59 Å². The molecule has 1 aromatic carbocycles. The molecule has 2 rings (SSSR count). The lowest BCUT2D eigenvalue weighted by Gasteiger charge is -2.11. The van der Waals surface area contributed by atoms with Crippen LogP contribution in [0.25, 0.3) is 5.69 Å². The number of amides is 1. The highest BCUT2D eigenvalue weighted by molar-refractivity contribution is 6.30. The third-order valence-corrected chi connectivity index (χ3v) is 3.61. The fraction of sp³-hybridized carbons (Fsp3) is 0.333. The number of nitrogens with zero attached hydrogens (tertiary/aromatic N) is 3. The number of aliphatic carboxylic acids is 1. The third-order valence-electron chi connectivity index (χ3n) is 3.37. The highest BCUT2D eigenvalue weighted by Crippen LogP contribution is 2.17. The summed E-state index contributed by atoms with van der Waals surface area (Å²) in [5.74, 6) is -1.67. The Morgan fingerprint density at radius 1 is 1.46 bits per heavy atom. The number of benzene rings is 1. The number of hydrogen-bond donors (Lipinski definition) is 2. The van der Waals surface area contributed by atoms with Gasteiger partial charge in [0, 0.05) is 12.1 Å². The number of halogens is 1. The van der Waals surface area contributed by atoms with Crippen LogP contribution in [0.1, 0.15) is 23.1 Å². The van der Waals surface area contributed by atoms with Crippen LogP contribution in [-0.4, -0.2) is 51.7 Å². The van der Waals surface area contributed by atoms with E-state index in [1.165, 1.54) is 11.8 Å². The van der Waals surface area contributed by atoms with Gasteiger partial charge in [-0.25, -0.2) is 9.48 Å². The van der Waals surface area contributed by atoms with Gasteiger partial charge in [0.2, 0.25) is 0 Å². The first-order valence-electron chi connectivity index (χ1n) is 7.22. The van der Waals surface area contributed by atoms with Gasteiger partial charge in [0.25, 0.3) is 5.91 Å². The zero-order valence-corrected chi connectivity index (χ0v) is 13.9. The molecule has 1 heterocycles. The number of rotatable bonds is 7. The molecule has 9 heteroatoms. The second-order valence-electron chi connectivity index (χ2n) is 4.90. The van der Waals surface area contributed by atoms with E-state index < -0.39 is 18.0 Å². The van der Waals surface area contributed by atoms with Gasteiger partial charge in [-0.05, 0) is 24.6 Å². The van der Waals surface area contributed by atoms with E-state index in [0.29, 0.717) is 22.8 Å². The largest absolute Gasteiger partial charge is 0.479 e. The SMILES string of the molecule is CCc1c(C(=O)NCC(OC)C(=O)O)nnn1-c1cccc(Cl)c1. The Balaban J connectivity index is 2.22. The van der Waals surface area contributed by atoms with E-state index in [2.05, 4.69) is 15.6 Å². The quantitative estimate of drug-likeness (QED) is 0.778. The highest BCUT2D eigenvalue weighted by Gasteiger charge is 2.22. The molecule has 0 aliphatic carbocycles. The molecule has 0 fully saturated rings. The van der Waals surface area contributed by atoms with Crippen LogP contribution >= 0.6 is 11.6 Å². The number of aromatic nitrogens is 3. The van der Waals surface area contributed by atoms with Gasteiger partial charge in [-0.1, -0.05) is 29.8 Å². The average molecular weight is 353 g/mol. The van der Waals surface area contributed by atoms with Crippen LogP contribution in [0.3, 0.4) is 0 Å². The smallest absolute Gasteiger partial charge is 0.334 e. The summed E-state index contributed by atoms with van der Waals surface area (Å²) >= 11 is 5.98. The van der Waals surface area contributed by atoms with Crippen LogP contribution in [0.2, 0.25) is 5.02 Å². The predicted molar refractivity (Wildman–Crippen MR) is 86.5 cm³/mol. The van der Waals surface area contributed by atoms with Crippen molar-refractivity contribution in [3.63, 3.8) is 0 Å². The van der Waals surface area contributed by atoms with Gasteiger partial charge in [0.15, 0.2) is 11.8 Å². The number of hydrogen-bond acceptors (Lipinski definition) is 5. The molecule has 8 nitrogen and oxygen atoms in total. The molecule has 1 unspecified atom stereocenters. The van der Waals surface area contributed by atoms with E-state index in [1.54, 1.807) is 24.3 Å². The maximum Gasteiger partial charge on any atom is 0.334 e. The minimum Gasteiger partial charge on any atom is -0.479 e. The van der Waals surface area contributed by atoms with Crippen molar-refractivity contribution in [1.82, 2.24) is 20.3 Å². The van der Waals surface area contributed by atoms with E-state index in [1.807, 2.05) is 6.92 Å². The molecule has 24 heavy (non-hydrogen) atoms. The lowest BCUT2D eigenvalue weighted by atomic mass is 10.2. The van der Waals surface area contributed by atoms with E-state index in [4.69, 9.17) is 21.4 Å². The summed E-state index contributed by atoms with van der Waals surface area (Å²) in [6.45, 7) is 1.70. The molecule has 0 bridgehead atoms. The van der Waals surface area contributed by atoms with Gasteiger partial charge in [-0.2, -0.15) is 0 Å². The van der Waals surface area contributed by atoms with Gasteiger partial charge in [-0.3, -0.25) is 4.79 Å². The van der Waals surface area contributed by atoms with Crippen molar-refractivity contribution in [2.45, 2.75) is 19.4 Å². The Bertz CT molecular complexity index is 747. The zero-order valence-electron chi connectivity index (χ0n) is 13.2. The van der Waals surface area contributed by atoms with Crippen molar-refractivity contribution < 1.29 is 19.4 Å². The number of carbonyl (C=O) groups is 2. The van der Waals surface area contributed by atoms with Crippen LogP contribution in [0.15, 0.2) is 24.3 Å². The number of carboxylic acid groups (broad SMARTS) is 1. The van der Waals surface area contributed by atoms with E-state index >= 15 is 0 Å². The molecule has 1 atom stereocenters. The molecule has 1 amide bonds. The topological polar surface area (TPSA) is 106 Å². The van der Waals surface area contributed by atoms with Crippen molar-refractivity contribution in [1.29, 1.82) is 0 Å². The summed E-state index contributed by atoms with van der Waals surface area (Å²) in [5, 5.41) is 19.9. The second-order valence-corrected chi connectivity index (χ2v) is 5.34. The van der Waals surface area contributed by atoms with Gasteiger partial charge < -0.3 is 15.2 Å². The number of carboxylic acids is 1. The first-order valence-corrected chi connectivity index (χ1v) is 7.60. The molecule has 0 spiro atoms. The molecule has 1 aromatic heterocycles. The number of ether oxygens (including phenoxy) is 1. The fourth-order valence-corrected chi connectivity index (χ4v) is 2.34. The Labute approximate surface area is 143 Å². The average Bonchev–Trinajstić information content (AvgIpc) is 2.98. The number of carbonyl (C=O) groups excluding carboxylic acids is 1. The van der Waals surface area contributed by atoms with Crippen molar-refractivity contribution in [2.75, 3.05) is 13.7 Å². The van der Waals surface area contributed by atoms with Gasteiger partial charge in [0.1, 0.15) is 0 Å². The Kier molecular flexibility index (Phi) is 5.88. The second kappa shape index (κ2) is 7.89. The van der Waals surface area contributed by atoms with Crippen LogP contribution in [0.4, 0.5) is 0 Å². The lowest BCUT2D eigenvalue weighted by Crippen LogP contribution is -2.38. The van der Waals surface area contributed by atoms with Crippen LogP contribution < -0.4 is 5.32 Å². The molecule has 0 saturated carbocycles. The van der Waals surface area contributed by atoms with Crippen molar-refractivity contribution in [3.05, 3.63) is 40.7 Å². The molecule has 2 N–H and O–H groups in total. The normalized spacial score (nSPS) is 12.0. The van der Waals surface area contributed by atoms with E-state index in [-0.39, 0.29) is 12.2 Å². The van der Waals surface area contributed by atoms with Gasteiger partial charge in [0.05, 0.1) is 17.9 Å². The maximum atomic E-state index is 12.3. The van der Waals surface area contributed by atoms with Gasteiger partial charge in [-0.15, -0.1) is 5.10 Å². The lowest BCUT2D eigenvalue weighted by molar-refractivity contribution is -0.148. The summed E-state index contributed by atoms with van der Waals surface area (Å²) in [7, 11) is 1.26. The zero-order chi connectivity index (χ0) is 17.7. The fourth-order valence-electron chi connectivity index (χ4n) is 2.15. The molecular weight excluding hydrogens is 336 g/mol. The Morgan fingerprint density at radius 3 is 2.79 bits per heavy atom. The van der Waals surface area contributed by atoms with Crippen LogP contribution in [-0.2, 0) is 16.0 Å². The third kappa shape index (κ3) is 3.90. The first kappa shape index (κ1) is 17.9. The summed E-state index contributed by atoms with van der Waals surface area (Å²) in [4.78, 5) is 23.2. The minimum atomic E-state index is -1.16. The first-order chi connectivity index (χ1) is 11.5. The van der Waals surface area contributed by atoms with Crippen LogP contribution in [0.5, 0.6) is 0 Å². The van der Waals surface area contributed by atoms with Crippen molar-refractivity contribution >= 4 is 23.5 Å². The number of methoxy groups -OCH3 is 1. The molecule has 2 aromatic rings. The predicted octanol–water partition coefficient (Wildman–Crippen LogP) is 1.31. The Hall–Kier alpha value is -2.45. The summed E-state index contributed by atoms with van der Waals surface area (Å²) in [6, 6.07) is 7.02. The molecule has 0 aliphatic heterocycles. The molecule has 0 radical (unpaired) electrons. The maximum absolute atomic E-state index is 12.3. The van der Waals surface area contributed by atoms with Crippen molar-refractivity contribution in [2.24, 2.45) is 0 Å². The van der Waals surface area contributed by atoms with Gasteiger partial charge >= 0.3 is 5.97 Å². The standard InChI is InChI=1S/C15H17ClN4O4/c1-3-11-13(14(21)17-8-12(24-2)15(22)23)18-19-20(11)10-6-4-5-9(16)7-10/h4-7,12H,3,8H2,1-2H3,(H,17,21)(H,22,23). The minimum absolute atomic E-state index is 0.137. The van der Waals surface area contributed by atoms with Crippen molar-refractivity contribution in [3.8, 4) is 5.69 Å². The molecular formula is C15H17ClN4O4. The summed E-state index contributed by atoms with van der Waals surface area (Å²) < 4.78 is 6.31. The monoisotopic (exact) mass is 352 g/mol. The van der Waals surface area contributed by atoms with E-state index in [0.717, 1.165) is 0 Å². The summed E-state index contributed by atoms with van der Waals surface area (Å²) in [5.41, 5.74) is 1.42. The Morgan fingerprint density at radius 2 is 2.21 bits per heavy atom. The van der Waals surface area contributed by atoms with Crippen LogP contribution in [0, 0.1) is 0 Å².